The molecule has 0 saturated carbocycles. The van der Waals surface area contributed by atoms with E-state index in [1.165, 1.54) is 0 Å². The van der Waals surface area contributed by atoms with E-state index in [9.17, 15) is 0 Å². The van der Waals surface area contributed by atoms with E-state index in [2.05, 4.69) is 104 Å². The van der Waals surface area contributed by atoms with Gasteiger partial charge in [-0.1, -0.05) is 51.5 Å². The first-order valence-electron chi connectivity index (χ1n) is 9.31. The van der Waals surface area contributed by atoms with E-state index < -0.39 is 0 Å². The SMILES string of the molecule is Brc1ccc(N(c2ccccc2)c2ccc(-n3nnc4ccccc43)cc2)cc1. The van der Waals surface area contributed by atoms with Gasteiger partial charge in [-0.3, -0.25) is 0 Å². The quantitative estimate of drug-likeness (QED) is 0.313. The second-order valence-corrected chi connectivity index (χ2v) is 7.57. The van der Waals surface area contributed by atoms with Crippen molar-refractivity contribution in [2.45, 2.75) is 0 Å². The summed E-state index contributed by atoms with van der Waals surface area (Å²) < 4.78 is 2.92. The molecular weight excluding hydrogens is 424 g/mol. The summed E-state index contributed by atoms with van der Waals surface area (Å²) in [5.41, 5.74) is 6.13. The molecule has 0 fully saturated rings. The summed E-state index contributed by atoms with van der Waals surface area (Å²) in [4.78, 5) is 2.23. The predicted molar refractivity (Wildman–Crippen MR) is 121 cm³/mol. The smallest absolute Gasteiger partial charge is 0.113 e. The zero-order valence-corrected chi connectivity index (χ0v) is 17.1. The van der Waals surface area contributed by atoms with Crippen molar-refractivity contribution in [3.63, 3.8) is 0 Å². The van der Waals surface area contributed by atoms with E-state index in [0.29, 0.717) is 0 Å². The molecule has 0 unspecified atom stereocenters. The summed E-state index contributed by atoms with van der Waals surface area (Å²) in [5.74, 6) is 0. The van der Waals surface area contributed by atoms with Gasteiger partial charge in [0.15, 0.2) is 0 Å². The van der Waals surface area contributed by atoms with E-state index in [1.54, 1.807) is 0 Å². The Balaban J connectivity index is 1.57. The van der Waals surface area contributed by atoms with Crippen LogP contribution in [-0.4, -0.2) is 15.0 Å². The minimum atomic E-state index is 0.886. The van der Waals surface area contributed by atoms with E-state index in [1.807, 2.05) is 35.0 Å². The normalized spacial score (nSPS) is 10.9. The lowest BCUT2D eigenvalue weighted by Crippen LogP contribution is -2.10. The second kappa shape index (κ2) is 7.53. The number of hydrogen-bond donors (Lipinski definition) is 0. The Labute approximate surface area is 177 Å². The fraction of sp³-hybridized carbons (Fsp3) is 0. The maximum Gasteiger partial charge on any atom is 0.113 e. The third-order valence-corrected chi connectivity index (χ3v) is 5.33. The van der Waals surface area contributed by atoms with Gasteiger partial charge in [0, 0.05) is 21.5 Å². The van der Waals surface area contributed by atoms with Gasteiger partial charge in [-0.05, 0) is 72.8 Å². The zero-order chi connectivity index (χ0) is 19.6. The van der Waals surface area contributed by atoms with Crippen molar-refractivity contribution in [3.8, 4) is 5.69 Å². The number of para-hydroxylation sites is 2. The van der Waals surface area contributed by atoms with Crippen LogP contribution in [0.5, 0.6) is 0 Å². The molecule has 0 spiro atoms. The number of nitrogens with zero attached hydrogens (tertiary/aromatic N) is 4. The van der Waals surface area contributed by atoms with Crippen molar-refractivity contribution >= 4 is 44.0 Å². The van der Waals surface area contributed by atoms with Crippen LogP contribution >= 0.6 is 15.9 Å². The minimum absolute atomic E-state index is 0.886. The van der Waals surface area contributed by atoms with Crippen molar-refractivity contribution in [2.75, 3.05) is 4.90 Å². The molecule has 0 aliphatic rings. The first kappa shape index (κ1) is 17.6. The third-order valence-electron chi connectivity index (χ3n) is 4.80. The molecule has 0 bridgehead atoms. The van der Waals surface area contributed by atoms with Gasteiger partial charge in [-0.2, -0.15) is 0 Å². The van der Waals surface area contributed by atoms with E-state index >= 15 is 0 Å². The Hall–Kier alpha value is -3.44. The highest BCUT2D eigenvalue weighted by Crippen LogP contribution is 2.35. The maximum atomic E-state index is 4.31. The Kier molecular flexibility index (Phi) is 4.58. The zero-order valence-electron chi connectivity index (χ0n) is 15.5. The van der Waals surface area contributed by atoms with Crippen molar-refractivity contribution in [2.24, 2.45) is 0 Å². The van der Waals surface area contributed by atoms with Crippen LogP contribution < -0.4 is 4.90 Å². The molecule has 0 N–H and O–H groups in total. The van der Waals surface area contributed by atoms with Gasteiger partial charge in [0.25, 0.3) is 0 Å². The molecule has 1 heterocycles. The monoisotopic (exact) mass is 440 g/mol. The molecule has 140 valence electrons. The van der Waals surface area contributed by atoms with Crippen LogP contribution in [0.4, 0.5) is 17.1 Å². The number of halogens is 1. The molecule has 0 saturated heterocycles. The summed E-state index contributed by atoms with van der Waals surface area (Å²) in [7, 11) is 0. The van der Waals surface area contributed by atoms with Gasteiger partial charge in [0.05, 0.1) is 11.2 Å². The lowest BCUT2D eigenvalue weighted by molar-refractivity contribution is 0.824. The Morgan fingerprint density at radius 2 is 1.21 bits per heavy atom. The molecule has 4 aromatic carbocycles. The number of fused-ring (bicyclic) bond motifs is 1. The number of rotatable bonds is 4. The molecule has 0 aliphatic carbocycles. The van der Waals surface area contributed by atoms with Gasteiger partial charge in [0.2, 0.25) is 0 Å². The summed E-state index contributed by atoms with van der Waals surface area (Å²) in [6.07, 6.45) is 0. The number of hydrogen-bond acceptors (Lipinski definition) is 3. The van der Waals surface area contributed by atoms with E-state index in [4.69, 9.17) is 0 Å². The number of anilines is 3. The number of aromatic nitrogens is 3. The summed E-state index contributed by atoms with van der Waals surface area (Å²) in [6, 6.07) is 35.0. The molecule has 1 aromatic heterocycles. The van der Waals surface area contributed by atoms with Crippen LogP contribution in [0.25, 0.3) is 16.7 Å². The van der Waals surface area contributed by atoms with Crippen molar-refractivity contribution < 1.29 is 0 Å². The average molecular weight is 441 g/mol. The van der Waals surface area contributed by atoms with Gasteiger partial charge in [-0.15, -0.1) is 5.10 Å². The topological polar surface area (TPSA) is 34.0 Å². The lowest BCUT2D eigenvalue weighted by atomic mass is 10.2. The lowest BCUT2D eigenvalue weighted by Gasteiger charge is -2.25. The highest BCUT2D eigenvalue weighted by molar-refractivity contribution is 9.10. The Bertz CT molecular complexity index is 1250. The Morgan fingerprint density at radius 3 is 1.93 bits per heavy atom. The minimum Gasteiger partial charge on any atom is -0.311 e. The average Bonchev–Trinajstić information content (AvgIpc) is 3.21. The van der Waals surface area contributed by atoms with Crippen molar-refractivity contribution in [3.05, 3.63) is 108 Å². The number of benzene rings is 4. The summed E-state index contributed by atoms with van der Waals surface area (Å²) >= 11 is 3.52. The standard InChI is InChI=1S/C24H17BrN4/c25-18-10-12-20(13-11-18)28(19-6-2-1-3-7-19)21-14-16-22(17-15-21)29-24-9-5-4-8-23(24)26-27-29/h1-17H. The van der Waals surface area contributed by atoms with Crippen LogP contribution in [0.3, 0.4) is 0 Å². The molecule has 5 rings (SSSR count). The fourth-order valence-corrected chi connectivity index (χ4v) is 3.68. The molecule has 0 aliphatic heterocycles. The van der Waals surface area contributed by atoms with Crippen LogP contribution in [-0.2, 0) is 0 Å². The molecule has 0 atom stereocenters. The van der Waals surface area contributed by atoms with Crippen molar-refractivity contribution in [1.29, 1.82) is 0 Å². The van der Waals surface area contributed by atoms with Gasteiger partial charge in [-0.25, -0.2) is 4.68 Å². The van der Waals surface area contributed by atoms with Gasteiger partial charge < -0.3 is 4.90 Å². The van der Waals surface area contributed by atoms with Crippen LogP contribution in [0.1, 0.15) is 0 Å². The van der Waals surface area contributed by atoms with E-state index in [0.717, 1.165) is 38.3 Å². The van der Waals surface area contributed by atoms with Crippen LogP contribution in [0.15, 0.2) is 108 Å². The highest BCUT2D eigenvalue weighted by atomic mass is 79.9. The molecule has 5 aromatic rings. The van der Waals surface area contributed by atoms with Crippen LogP contribution in [0.2, 0.25) is 0 Å². The molecule has 29 heavy (non-hydrogen) atoms. The first-order chi connectivity index (χ1) is 14.3. The van der Waals surface area contributed by atoms with Gasteiger partial charge in [0.1, 0.15) is 5.52 Å². The fourth-order valence-electron chi connectivity index (χ4n) is 3.42. The van der Waals surface area contributed by atoms with Crippen molar-refractivity contribution in [1.82, 2.24) is 15.0 Å². The first-order valence-corrected chi connectivity index (χ1v) is 10.1. The third kappa shape index (κ3) is 3.41. The van der Waals surface area contributed by atoms with Crippen LogP contribution in [0, 0.1) is 0 Å². The Morgan fingerprint density at radius 1 is 0.621 bits per heavy atom. The molecule has 0 amide bonds. The van der Waals surface area contributed by atoms with E-state index in [-0.39, 0.29) is 0 Å². The molecule has 5 heteroatoms. The van der Waals surface area contributed by atoms with Gasteiger partial charge >= 0.3 is 0 Å². The second-order valence-electron chi connectivity index (χ2n) is 6.65. The largest absolute Gasteiger partial charge is 0.311 e. The summed E-state index contributed by atoms with van der Waals surface area (Å²) in [5, 5.41) is 8.57. The summed E-state index contributed by atoms with van der Waals surface area (Å²) in [6.45, 7) is 0. The maximum absolute atomic E-state index is 4.31. The predicted octanol–water partition coefficient (Wildman–Crippen LogP) is 6.65. The molecule has 0 radical (unpaired) electrons. The highest BCUT2D eigenvalue weighted by Gasteiger charge is 2.13. The molecular formula is C24H17BrN4. The molecule has 4 nitrogen and oxygen atoms in total.